The molecule has 1 aromatic carbocycles. The molecule has 2 heterocycles. The van der Waals surface area contributed by atoms with Crippen molar-refractivity contribution in [3.8, 4) is 0 Å². The predicted molar refractivity (Wildman–Crippen MR) is 70.4 cm³/mol. The largest absolute Gasteiger partial charge is 0.368 e. The highest BCUT2D eigenvalue weighted by Crippen LogP contribution is 2.37. The molecule has 2 unspecified atom stereocenters. The van der Waals surface area contributed by atoms with E-state index < -0.39 is 6.23 Å². The molecule has 2 atom stereocenters. The van der Waals surface area contributed by atoms with Gasteiger partial charge in [0.15, 0.2) is 6.23 Å². The SMILES string of the molecule is CC1CC2=NNC(O)c3cc(F)cc4[nH]c(c2c34)C1. The van der Waals surface area contributed by atoms with Crippen LogP contribution in [0.3, 0.4) is 0 Å². The average Bonchev–Trinajstić information content (AvgIpc) is 2.64. The van der Waals surface area contributed by atoms with Gasteiger partial charge in [-0.15, -0.1) is 0 Å². The number of nitrogens with one attached hydrogen (secondary N) is 2. The molecule has 0 radical (unpaired) electrons. The van der Waals surface area contributed by atoms with Crippen LogP contribution in [0.1, 0.15) is 36.4 Å². The molecule has 1 aromatic heterocycles. The number of hydrazone groups is 1. The number of rotatable bonds is 0. The zero-order chi connectivity index (χ0) is 13.1. The standard InChI is InChI=1S/C14H14FN3O/c1-6-2-9-13-11(3-6)17-18-14(19)8-4-7(15)5-10(16-9)12(8)13/h4-6,14,16,18-19H,2-3H2,1H3. The third-order valence-corrected chi connectivity index (χ3v) is 3.97. The first-order valence-electron chi connectivity index (χ1n) is 6.48. The van der Waals surface area contributed by atoms with Crippen molar-refractivity contribution in [2.45, 2.75) is 26.0 Å². The van der Waals surface area contributed by atoms with E-state index in [2.05, 4.69) is 22.4 Å². The molecule has 3 N–H and O–H groups in total. The first-order chi connectivity index (χ1) is 9.13. The van der Waals surface area contributed by atoms with Gasteiger partial charge in [-0.25, -0.2) is 4.39 Å². The van der Waals surface area contributed by atoms with Crippen LogP contribution in [0.5, 0.6) is 0 Å². The Morgan fingerprint density at radius 3 is 3.05 bits per heavy atom. The topological polar surface area (TPSA) is 60.4 Å². The van der Waals surface area contributed by atoms with Crippen molar-refractivity contribution in [1.82, 2.24) is 10.4 Å². The Hall–Kier alpha value is -1.88. The number of aliphatic hydroxyl groups excluding tert-OH is 1. The van der Waals surface area contributed by atoms with Crippen molar-refractivity contribution in [3.05, 3.63) is 34.8 Å². The summed E-state index contributed by atoms with van der Waals surface area (Å²) in [6.07, 6.45) is 0.836. The summed E-state index contributed by atoms with van der Waals surface area (Å²) in [6.45, 7) is 2.17. The van der Waals surface area contributed by atoms with Crippen LogP contribution < -0.4 is 5.43 Å². The lowest BCUT2D eigenvalue weighted by Crippen LogP contribution is -2.20. The second-order valence-electron chi connectivity index (χ2n) is 5.50. The van der Waals surface area contributed by atoms with E-state index in [1.54, 1.807) is 0 Å². The number of aliphatic hydroxyl groups is 1. The molecule has 98 valence electrons. The summed E-state index contributed by atoms with van der Waals surface area (Å²) in [5, 5.41) is 15.3. The number of aromatic amines is 1. The molecular weight excluding hydrogens is 245 g/mol. The lowest BCUT2D eigenvalue weighted by Gasteiger charge is -2.19. The Bertz CT molecular complexity index is 719. The highest BCUT2D eigenvalue weighted by molar-refractivity contribution is 6.14. The van der Waals surface area contributed by atoms with E-state index in [-0.39, 0.29) is 5.82 Å². The molecule has 1 aliphatic carbocycles. The van der Waals surface area contributed by atoms with Gasteiger partial charge < -0.3 is 10.1 Å². The highest BCUT2D eigenvalue weighted by atomic mass is 19.1. The van der Waals surface area contributed by atoms with E-state index in [4.69, 9.17) is 0 Å². The van der Waals surface area contributed by atoms with Crippen LogP contribution in [-0.2, 0) is 6.42 Å². The van der Waals surface area contributed by atoms with Crippen molar-refractivity contribution in [3.63, 3.8) is 0 Å². The minimum atomic E-state index is -0.966. The van der Waals surface area contributed by atoms with Crippen LogP contribution in [0.25, 0.3) is 10.9 Å². The monoisotopic (exact) mass is 259 g/mol. The molecule has 2 aliphatic rings. The second kappa shape index (κ2) is 3.57. The smallest absolute Gasteiger partial charge is 0.166 e. The lowest BCUT2D eigenvalue weighted by molar-refractivity contribution is 0.142. The molecule has 0 saturated heterocycles. The van der Waals surface area contributed by atoms with Crippen molar-refractivity contribution >= 4 is 16.6 Å². The summed E-state index contributed by atoms with van der Waals surface area (Å²) in [4.78, 5) is 3.29. The molecule has 0 saturated carbocycles. The predicted octanol–water partition coefficient (Wildman–Crippen LogP) is 2.19. The first-order valence-corrected chi connectivity index (χ1v) is 6.48. The maximum absolute atomic E-state index is 13.7. The van der Waals surface area contributed by atoms with Crippen molar-refractivity contribution in [1.29, 1.82) is 0 Å². The van der Waals surface area contributed by atoms with Gasteiger partial charge in [0.25, 0.3) is 0 Å². The van der Waals surface area contributed by atoms with Crippen LogP contribution in [0, 0.1) is 11.7 Å². The quantitative estimate of drug-likeness (QED) is 0.679. The summed E-state index contributed by atoms with van der Waals surface area (Å²) in [5.41, 5.74) is 7.10. The van der Waals surface area contributed by atoms with Crippen LogP contribution >= 0.6 is 0 Å². The van der Waals surface area contributed by atoms with E-state index in [1.165, 1.54) is 12.1 Å². The van der Waals surface area contributed by atoms with Crippen molar-refractivity contribution < 1.29 is 9.50 Å². The Morgan fingerprint density at radius 1 is 1.37 bits per heavy atom. The number of aromatic nitrogens is 1. The minimum Gasteiger partial charge on any atom is -0.368 e. The third kappa shape index (κ3) is 1.45. The normalized spacial score (nSPS) is 24.9. The number of hydrogen-bond donors (Lipinski definition) is 3. The molecule has 4 rings (SSSR count). The van der Waals surface area contributed by atoms with Gasteiger partial charge in [-0.05, 0) is 30.9 Å². The number of halogens is 1. The molecule has 2 aromatic rings. The minimum absolute atomic E-state index is 0.349. The summed E-state index contributed by atoms with van der Waals surface area (Å²) in [5.74, 6) is 0.142. The van der Waals surface area contributed by atoms with Crippen LogP contribution in [0.2, 0.25) is 0 Å². The Balaban J connectivity index is 2.14. The van der Waals surface area contributed by atoms with Gasteiger partial charge in [0.05, 0.1) is 5.71 Å². The van der Waals surface area contributed by atoms with Crippen LogP contribution in [-0.4, -0.2) is 15.8 Å². The molecule has 5 heteroatoms. The molecule has 0 bridgehead atoms. The Morgan fingerprint density at radius 2 is 2.21 bits per heavy atom. The van der Waals surface area contributed by atoms with E-state index in [1.807, 2.05) is 0 Å². The van der Waals surface area contributed by atoms with Gasteiger partial charge in [-0.3, -0.25) is 5.43 Å². The summed E-state index contributed by atoms with van der Waals surface area (Å²) >= 11 is 0. The first kappa shape index (κ1) is 11.0. The van der Waals surface area contributed by atoms with Crippen molar-refractivity contribution in [2.75, 3.05) is 0 Å². The van der Waals surface area contributed by atoms with E-state index in [0.29, 0.717) is 11.5 Å². The fraction of sp³-hybridized carbons (Fsp3) is 0.357. The van der Waals surface area contributed by atoms with Gasteiger partial charge in [-0.2, -0.15) is 5.10 Å². The molecule has 0 fully saturated rings. The van der Waals surface area contributed by atoms with Gasteiger partial charge in [0.2, 0.25) is 0 Å². The number of nitrogens with zero attached hydrogens (tertiary/aromatic N) is 1. The zero-order valence-electron chi connectivity index (χ0n) is 10.5. The number of H-pyrrole nitrogens is 1. The average molecular weight is 259 g/mol. The maximum atomic E-state index is 13.7. The second-order valence-corrected chi connectivity index (χ2v) is 5.50. The van der Waals surface area contributed by atoms with E-state index >= 15 is 0 Å². The van der Waals surface area contributed by atoms with E-state index in [0.717, 1.165) is 40.7 Å². The fourth-order valence-corrected chi connectivity index (χ4v) is 3.23. The van der Waals surface area contributed by atoms with Gasteiger partial charge in [0.1, 0.15) is 5.82 Å². The highest BCUT2D eigenvalue weighted by Gasteiger charge is 2.30. The molecule has 19 heavy (non-hydrogen) atoms. The molecule has 4 nitrogen and oxygen atoms in total. The Labute approximate surface area is 109 Å². The Kier molecular flexibility index (Phi) is 2.07. The summed E-state index contributed by atoms with van der Waals surface area (Å²) in [7, 11) is 0. The third-order valence-electron chi connectivity index (χ3n) is 3.97. The van der Waals surface area contributed by atoms with Crippen molar-refractivity contribution in [2.24, 2.45) is 11.0 Å². The van der Waals surface area contributed by atoms with E-state index in [9.17, 15) is 9.50 Å². The number of benzene rings is 1. The maximum Gasteiger partial charge on any atom is 0.166 e. The van der Waals surface area contributed by atoms with Gasteiger partial charge in [0, 0.05) is 27.7 Å². The molecule has 0 amide bonds. The molecular formula is C14H14FN3O. The van der Waals surface area contributed by atoms with Crippen LogP contribution in [0.15, 0.2) is 17.2 Å². The fourth-order valence-electron chi connectivity index (χ4n) is 3.23. The van der Waals surface area contributed by atoms with Gasteiger partial charge in [-0.1, -0.05) is 6.92 Å². The summed E-state index contributed by atoms with van der Waals surface area (Å²) in [6, 6.07) is 2.86. The van der Waals surface area contributed by atoms with Crippen LogP contribution in [0.4, 0.5) is 4.39 Å². The number of hydrogen-bond acceptors (Lipinski definition) is 3. The molecule has 1 aliphatic heterocycles. The van der Waals surface area contributed by atoms with Gasteiger partial charge >= 0.3 is 0 Å². The lowest BCUT2D eigenvalue weighted by atomic mass is 9.86. The summed E-state index contributed by atoms with van der Waals surface area (Å²) < 4.78 is 13.7. The molecule has 0 spiro atoms. The zero-order valence-corrected chi connectivity index (χ0v) is 10.5.